The Labute approximate surface area is 116 Å². The van der Waals surface area contributed by atoms with Crippen molar-refractivity contribution in [2.45, 2.75) is 58.0 Å². The van der Waals surface area contributed by atoms with Crippen LogP contribution in [0.1, 0.15) is 27.7 Å². The quantitative estimate of drug-likeness (QED) is 0.326. The molecule has 0 aliphatic carbocycles. The molecule has 0 aromatic rings. The molecule has 0 fully saturated rings. The Kier molecular flexibility index (Phi) is 7.03. The van der Waals surface area contributed by atoms with Crippen LogP contribution in [-0.2, 0) is 4.43 Å². The fraction of sp³-hybridized carbons (Fsp3) is 1.00. The van der Waals surface area contributed by atoms with E-state index in [0.29, 0.717) is 0 Å². The Morgan fingerprint density at radius 1 is 1.37 bits per heavy atom. The van der Waals surface area contributed by atoms with Gasteiger partial charge in [-0.2, -0.15) is 0 Å². The molecule has 0 saturated heterocycles. The number of aliphatic hydroxyl groups excluding tert-OH is 2. The Bertz CT molecular complexity index is 325. The van der Waals surface area contributed by atoms with E-state index in [1.165, 1.54) is 0 Å². The second kappa shape index (κ2) is 7.26. The number of nitrogens with zero attached hydrogens (tertiary/aromatic N) is 3. The summed E-state index contributed by atoms with van der Waals surface area (Å²) in [5, 5.41) is 22.6. The van der Waals surface area contributed by atoms with Crippen molar-refractivity contribution in [2.24, 2.45) is 11.0 Å². The highest BCUT2D eigenvalue weighted by Crippen LogP contribution is 2.38. The minimum atomic E-state index is -2.05. The average molecular weight is 289 g/mol. The van der Waals surface area contributed by atoms with Gasteiger partial charge >= 0.3 is 0 Å². The minimum Gasteiger partial charge on any atom is -0.411 e. The fourth-order valence-electron chi connectivity index (χ4n) is 1.46. The van der Waals surface area contributed by atoms with Gasteiger partial charge in [-0.25, -0.2) is 0 Å². The summed E-state index contributed by atoms with van der Waals surface area (Å²) in [6.45, 7) is 12.2. The van der Waals surface area contributed by atoms with Gasteiger partial charge in [-0.1, -0.05) is 32.8 Å². The molecule has 0 amide bonds. The molecule has 0 aromatic carbocycles. The zero-order chi connectivity index (χ0) is 15.3. The second-order valence-corrected chi connectivity index (χ2v) is 11.2. The second-order valence-electron chi connectivity index (χ2n) is 6.48. The third-order valence-corrected chi connectivity index (χ3v) is 8.27. The topological polar surface area (TPSA) is 98.5 Å². The first kappa shape index (κ1) is 18.4. The summed E-state index contributed by atoms with van der Waals surface area (Å²) < 4.78 is 6.16. The van der Waals surface area contributed by atoms with E-state index in [2.05, 4.69) is 43.9 Å². The standard InChI is InChI=1S/C12H27N3O3Si/c1-9(7-14-15-13)11(10(17)8-16)18-19(5,6)12(2,3)4/h9-11,16-17H,7-8H2,1-6H3/t9-,10+,11-/m0/s1. The molecule has 0 spiro atoms. The van der Waals surface area contributed by atoms with Crippen LogP contribution >= 0.6 is 0 Å². The normalized spacial score (nSPS) is 17.5. The summed E-state index contributed by atoms with van der Waals surface area (Å²) in [4.78, 5) is 2.73. The molecule has 7 heteroatoms. The van der Waals surface area contributed by atoms with Crippen LogP contribution in [0.5, 0.6) is 0 Å². The van der Waals surface area contributed by atoms with Gasteiger partial charge in [0.1, 0.15) is 6.10 Å². The van der Waals surface area contributed by atoms with Crippen molar-refractivity contribution in [3.05, 3.63) is 10.4 Å². The van der Waals surface area contributed by atoms with Crippen molar-refractivity contribution in [3.8, 4) is 0 Å². The molecular weight excluding hydrogens is 262 g/mol. The van der Waals surface area contributed by atoms with E-state index in [0.717, 1.165) is 0 Å². The summed E-state index contributed by atoms with van der Waals surface area (Å²) in [7, 11) is -2.05. The Morgan fingerprint density at radius 2 is 1.89 bits per heavy atom. The van der Waals surface area contributed by atoms with E-state index in [1.807, 2.05) is 6.92 Å². The lowest BCUT2D eigenvalue weighted by Crippen LogP contribution is -2.50. The minimum absolute atomic E-state index is 0.0125. The van der Waals surface area contributed by atoms with Crippen LogP contribution in [0.15, 0.2) is 5.11 Å². The van der Waals surface area contributed by atoms with E-state index < -0.39 is 20.5 Å². The Balaban J connectivity index is 5.02. The van der Waals surface area contributed by atoms with Crippen LogP contribution in [0, 0.1) is 5.92 Å². The first-order chi connectivity index (χ1) is 8.56. The van der Waals surface area contributed by atoms with Crippen LogP contribution in [0.2, 0.25) is 18.1 Å². The molecule has 6 nitrogen and oxygen atoms in total. The lowest BCUT2D eigenvalue weighted by molar-refractivity contribution is -0.0301. The summed E-state index contributed by atoms with van der Waals surface area (Å²) in [5.41, 5.74) is 8.37. The highest BCUT2D eigenvalue weighted by atomic mass is 28.4. The third kappa shape index (κ3) is 5.50. The van der Waals surface area contributed by atoms with Gasteiger partial charge in [-0.15, -0.1) is 0 Å². The molecule has 0 unspecified atom stereocenters. The van der Waals surface area contributed by atoms with Gasteiger partial charge in [0.25, 0.3) is 0 Å². The Hall–Kier alpha value is -0.593. The van der Waals surface area contributed by atoms with Crippen molar-refractivity contribution < 1.29 is 14.6 Å². The fourth-order valence-corrected chi connectivity index (χ4v) is 2.89. The summed E-state index contributed by atoms with van der Waals surface area (Å²) >= 11 is 0. The predicted octanol–water partition coefficient (Wildman–Crippen LogP) is 2.68. The van der Waals surface area contributed by atoms with Gasteiger partial charge < -0.3 is 14.6 Å². The summed E-state index contributed by atoms with van der Waals surface area (Å²) in [5.74, 6) is -0.146. The zero-order valence-electron chi connectivity index (χ0n) is 12.8. The molecular formula is C12H27N3O3Si. The molecule has 0 aliphatic heterocycles. The molecule has 0 radical (unpaired) electrons. The smallest absolute Gasteiger partial charge is 0.192 e. The molecule has 0 bridgehead atoms. The van der Waals surface area contributed by atoms with E-state index in [1.54, 1.807) is 0 Å². The maximum Gasteiger partial charge on any atom is 0.192 e. The molecule has 112 valence electrons. The maximum atomic E-state index is 9.93. The molecule has 0 aliphatic rings. The van der Waals surface area contributed by atoms with Gasteiger partial charge in [0.15, 0.2) is 8.32 Å². The van der Waals surface area contributed by atoms with Crippen LogP contribution in [0.4, 0.5) is 0 Å². The first-order valence-corrected chi connectivity index (χ1v) is 9.45. The van der Waals surface area contributed by atoms with Crippen molar-refractivity contribution in [1.29, 1.82) is 0 Å². The van der Waals surface area contributed by atoms with E-state index in [4.69, 9.17) is 15.1 Å². The average Bonchev–Trinajstić information content (AvgIpc) is 2.30. The number of aliphatic hydroxyl groups is 2. The summed E-state index contributed by atoms with van der Waals surface area (Å²) in [6, 6.07) is 0. The summed E-state index contributed by atoms with van der Waals surface area (Å²) in [6.07, 6.45) is -1.48. The lowest BCUT2D eigenvalue weighted by atomic mass is 10.0. The zero-order valence-corrected chi connectivity index (χ0v) is 13.8. The maximum absolute atomic E-state index is 9.93. The molecule has 0 rings (SSSR count). The highest BCUT2D eigenvalue weighted by molar-refractivity contribution is 6.74. The van der Waals surface area contributed by atoms with Crippen LogP contribution in [0.3, 0.4) is 0 Å². The molecule has 0 saturated carbocycles. The molecule has 2 N–H and O–H groups in total. The van der Waals surface area contributed by atoms with Crippen LogP contribution in [0.25, 0.3) is 10.4 Å². The molecule has 19 heavy (non-hydrogen) atoms. The number of hydrogen-bond acceptors (Lipinski definition) is 4. The van der Waals surface area contributed by atoms with Gasteiger partial charge in [-0.05, 0) is 29.6 Å². The Morgan fingerprint density at radius 3 is 2.26 bits per heavy atom. The number of hydrogen-bond donors (Lipinski definition) is 2. The third-order valence-electron chi connectivity index (χ3n) is 3.80. The molecule has 0 heterocycles. The van der Waals surface area contributed by atoms with Gasteiger partial charge in [-0.3, -0.25) is 0 Å². The van der Waals surface area contributed by atoms with E-state index in [9.17, 15) is 5.11 Å². The van der Waals surface area contributed by atoms with Gasteiger partial charge in [0, 0.05) is 11.5 Å². The van der Waals surface area contributed by atoms with Crippen molar-refractivity contribution in [1.82, 2.24) is 0 Å². The van der Waals surface area contributed by atoms with Crippen molar-refractivity contribution >= 4 is 8.32 Å². The van der Waals surface area contributed by atoms with Gasteiger partial charge in [0.05, 0.1) is 12.7 Å². The molecule has 3 atom stereocenters. The monoisotopic (exact) mass is 289 g/mol. The van der Waals surface area contributed by atoms with Crippen LogP contribution in [-0.4, -0.2) is 43.9 Å². The van der Waals surface area contributed by atoms with Crippen molar-refractivity contribution in [2.75, 3.05) is 13.2 Å². The van der Waals surface area contributed by atoms with E-state index in [-0.39, 0.29) is 24.1 Å². The van der Waals surface area contributed by atoms with E-state index >= 15 is 0 Å². The largest absolute Gasteiger partial charge is 0.411 e. The SMILES string of the molecule is C[C@@H](CN=[N+]=[N-])[C@H](O[Si](C)(C)C(C)(C)C)[C@H](O)CO. The van der Waals surface area contributed by atoms with Gasteiger partial charge in [0.2, 0.25) is 0 Å². The van der Waals surface area contributed by atoms with Crippen molar-refractivity contribution in [3.63, 3.8) is 0 Å². The van der Waals surface area contributed by atoms with Crippen LogP contribution < -0.4 is 0 Å². The first-order valence-electron chi connectivity index (χ1n) is 6.54. The highest BCUT2D eigenvalue weighted by Gasteiger charge is 2.41. The lowest BCUT2D eigenvalue weighted by Gasteiger charge is -2.42. The molecule has 0 aromatic heterocycles. The predicted molar refractivity (Wildman–Crippen MR) is 78.3 cm³/mol. The number of rotatable bonds is 7. The number of azide groups is 1.